The summed E-state index contributed by atoms with van der Waals surface area (Å²) in [5, 5.41) is 10.1. The highest BCUT2D eigenvalue weighted by Crippen LogP contribution is 2.30. The Morgan fingerprint density at radius 1 is 1.35 bits per heavy atom. The molecule has 4 nitrogen and oxygen atoms in total. The number of hydrogen-bond donors (Lipinski definition) is 1. The predicted octanol–water partition coefficient (Wildman–Crippen LogP) is 2.53. The minimum atomic E-state index is -0.756. The average molecular weight is 270 g/mol. The first-order valence-electron chi connectivity index (χ1n) is 6.98. The summed E-state index contributed by atoms with van der Waals surface area (Å²) in [6.07, 6.45) is 4.25. The Bertz CT molecular complexity index is 623. The van der Waals surface area contributed by atoms with E-state index < -0.39 is 5.97 Å². The Balaban J connectivity index is 1.75. The summed E-state index contributed by atoms with van der Waals surface area (Å²) in [6, 6.07) is 10.1. The second-order valence-electron chi connectivity index (χ2n) is 5.54. The van der Waals surface area contributed by atoms with Gasteiger partial charge in [-0.2, -0.15) is 0 Å². The monoisotopic (exact) mass is 270 g/mol. The van der Waals surface area contributed by atoms with Crippen molar-refractivity contribution in [2.24, 2.45) is 5.92 Å². The zero-order valence-corrected chi connectivity index (χ0v) is 11.3. The fourth-order valence-corrected chi connectivity index (χ4v) is 2.52. The summed E-state index contributed by atoms with van der Waals surface area (Å²) in [5.74, 6) is -0.0652. The van der Waals surface area contributed by atoms with E-state index in [9.17, 15) is 4.79 Å². The molecule has 4 heteroatoms. The van der Waals surface area contributed by atoms with Crippen LogP contribution in [-0.4, -0.2) is 34.0 Å². The molecule has 0 amide bonds. The predicted molar refractivity (Wildman–Crippen MR) is 77.4 cm³/mol. The Hall–Kier alpha value is -1.94. The van der Waals surface area contributed by atoms with Crippen LogP contribution in [0.25, 0.3) is 10.9 Å². The van der Waals surface area contributed by atoms with Crippen LogP contribution >= 0.6 is 0 Å². The van der Waals surface area contributed by atoms with Gasteiger partial charge in [-0.15, -0.1) is 0 Å². The first kappa shape index (κ1) is 13.1. The molecule has 0 atom stereocenters. The molecule has 0 radical (unpaired) electrons. The fourth-order valence-electron chi connectivity index (χ4n) is 2.52. The summed E-state index contributed by atoms with van der Waals surface area (Å²) in [7, 11) is 0. The van der Waals surface area contributed by atoms with Gasteiger partial charge in [0.2, 0.25) is 0 Å². The van der Waals surface area contributed by atoms with Crippen molar-refractivity contribution in [3.05, 3.63) is 42.1 Å². The third kappa shape index (κ3) is 3.33. The summed E-state index contributed by atoms with van der Waals surface area (Å²) in [6.45, 7) is 1.69. The first-order valence-corrected chi connectivity index (χ1v) is 6.98. The van der Waals surface area contributed by atoms with E-state index in [2.05, 4.69) is 11.1 Å². The number of carboxylic acids is 1. The molecular formula is C16H18N2O2. The van der Waals surface area contributed by atoms with Crippen molar-refractivity contribution in [3.63, 3.8) is 0 Å². The number of benzene rings is 1. The molecule has 0 aliphatic heterocycles. The maximum atomic E-state index is 11.0. The van der Waals surface area contributed by atoms with E-state index >= 15 is 0 Å². The van der Waals surface area contributed by atoms with E-state index in [0.717, 1.165) is 23.0 Å². The molecule has 1 aromatic heterocycles. The molecule has 1 saturated carbocycles. The van der Waals surface area contributed by atoms with Crippen molar-refractivity contribution < 1.29 is 9.90 Å². The number of aromatic nitrogens is 1. The molecule has 1 aliphatic carbocycles. The van der Waals surface area contributed by atoms with Crippen LogP contribution in [0.2, 0.25) is 0 Å². The van der Waals surface area contributed by atoms with Crippen molar-refractivity contribution in [3.8, 4) is 0 Å². The third-order valence-electron chi connectivity index (χ3n) is 3.65. The van der Waals surface area contributed by atoms with Gasteiger partial charge in [-0.1, -0.05) is 12.1 Å². The number of hydrogen-bond acceptors (Lipinski definition) is 3. The lowest BCUT2D eigenvalue weighted by atomic mass is 10.1. The highest BCUT2D eigenvalue weighted by atomic mass is 16.4. The Morgan fingerprint density at radius 2 is 2.20 bits per heavy atom. The molecule has 1 N–H and O–H groups in total. The summed E-state index contributed by atoms with van der Waals surface area (Å²) in [5.41, 5.74) is 2.12. The SMILES string of the molecule is O=C(O)CN(Cc1ccc2ncccc2c1)CC1CC1. The molecule has 104 valence electrons. The number of carbonyl (C=O) groups is 1. The molecule has 0 bridgehead atoms. The highest BCUT2D eigenvalue weighted by Gasteiger charge is 2.25. The molecule has 0 unspecified atom stereocenters. The zero-order valence-electron chi connectivity index (χ0n) is 11.3. The second-order valence-corrected chi connectivity index (χ2v) is 5.54. The van der Waals surface area contributed by atoms with E-state index in [0.29, 0.717) is 12.5 Å². The average Bonchev–Trinajstić information content (AvgIpc) is 3.22. The molecule has 1 aliphatic rings. The molecule has 1 aromatic carbocycles. The lowest BCUT2D eigenvalue weighted by Gasteiger charge is -2.20. The summed E-state index contributed by atoms with van der Waals surface area (Å²) < 4.78 is 0. The van der Waals surface area contributed by atoms with Crippen molar-refractivity contribution >= 4 is 16.9 Å². The smallest absolute Gasteiger partial charge is 0.317 e. The Kier molecular flexibility index (Phi) is 3.65. The van der Waals surface area contributed by atoms with Crippen molar-refractivity contribution in [1.82, 2.24) is 9.88 Å². The van der Waals surface area contributed by atoms with Crippen LogP contribution in [0.5, 0.6) is 0 Å². The van der Waals surface area contributed by atoms with Gasteiger partial charge >= 0.3 is 5.97 Å². The Morgan fingerprint density at radius 3 is 2.95 bits per heavy atom. The van der Waals surface area contributed by atoms with E-state index in [-0.39, 0.29) is 6.54 Å². The van der Waals surface area contributed by atoms with Crippen LogP contribution in [0.1, 0.15) is 18.4 Å². The highest BCUT2D eigenvalue weighted by molar-refractivity contribution is 5.78. The number of pyridine rings is 1. The topological polar surface area (TPSA) is 53.4 Å². The van der Waals surface area contributed by atoms with Gasteiger partial charge < -0.3 is 5.11 Å². The molecule has 0 spiro atoms. The van der Waals surface area contributed by atoms with Crippen molar-refractivity contribution in [2.75, 3.05) is 13.1 Å². The maximum absolute atomic E-state index is 11.0. The van der Waals surface area contributed by atoms with E-state index in [1.54, 1.807) is 6.20 Å². The van der Waals surface area contributed by atoms with E-state index in [1.807, 2.05) is 29.2 Å². The van der Waals surface area contributed by atoms with E-state index in [1.165, 1.54) is 12.8 Å². The minimum absolute atomic E-state index is 0.113. The fraction of sp³-hybridized carbons (Fsp3) is 0.375. The van der Waals surface area contributed by atoms with Gasteiger partial charge in [-0.3, -0.25) is 14.7 Å². The van der Waals surface area contributed by atoms with Crippen LogP contribution < -0.4 is 0 Å². The molecule has 20 heavy (non-hydrogen) atoms. The number of rotatable bonds is 6. The van der Waals surface area contributed by atoms with Crippen LogP contribution in [0.4, 0.5) is 0 Å². The lowest BCUT2D eigenvalue weighted by molar-refractivity contribution is -0.138. The zero-order chi connectivity index (χ0) is 13.9. The van der Waals surface area contributed by atoms with Gasteiger partial charge in [0.25, 0.3) is 0 Å². The molecule has 3 rings (SSSR count). The maximum Gasteiger partial charge on any atom is 0.317 e. The molecule has 1 heterocycles. The van der Waals surface area contributed by atoms with Crippen LogP contribution in [0.15, 0.2) is 36.5 Å². The molecule has 1 fully saturated rings. The summed E-state index contributed by atoms with van der Waals surface area (Å²) >= 11 is 0. The quantitative estimate of drug-likeness (QED) is 0.876. The lowest BCUT2D eigenvalue weighted by Crippen LogP contribution is -2.31. The van der Waals surface area contributed by atoms with Gasteiger partial charge in [0.15, 0.2) is 0 Å². The number of fused-ring (bicyclic) bond motifs is 1. The molecular weight excluding hydrogens is 252 g/mol. The number of carboxylic acid groups (broad SMARTS) is 1. The van der Waals surface area contributed by atoms with Gasteiger partial charge in [0.05, 0.1) is 12.1 Å². The molecule has 2 aromatic rings. The van der Waals surface area contributed by atoms with Gasteiger partial charge in [0, 0.05) is 24.7 Å². The second kappa shape index (κ2) is 5.59. The van der Waals surface area contributed by atoms with Gasteiger partial charge in [-0.25, -0.2) is 0 Å². The normalized spacial score (nSPS) is 14.8. The minimum Gasteiger partial charge on any atom is -0.480 e. The van der Waals surface area contributed by atoms with Gasteiger partial charge in [0.1, 0.15) is 0 Å². The van der Waals surface area contributed by atoms with Crippen molar-refractivity contribution in [2.45, 2.75) is 19.4 Å². The number of aliphatic carboxylic acids is 1. The van der Waals surface area contributed by atoms with Crippen LogP contribution in [0.3, 0.4) is 0 Å². The molecule has 0 saturated heterocycles. The van der Waals surface area contributed by atoms with Crippen LogP contribution in [0, 0.1) is 5.92 Å². The van der Waals surface area contributed by atoms with Crippen LogP contribution in [-0.2, 0) is 11.3 Å². The Labute approximate surface area is 118 Å². The summed E-state index contributed by atoms with van der Waals surface area (Å²) in [4.78, 5) is 17.3. The largest absolute Gasteiger partial charge is 0.480 e. The van der Waals surface area contributed by atoms with E-state index in [4.69, 9.17) is 5.11 Å². The van der Waals surface area contributed by atoms with Crippen molar-refractivity contribution in [1.29, 1.82) is 0 Å². The van der Waals surface area contributed by atoms with Gasteiger partial charge in [-0.05, 0) is 42.5 Å². The number of nitrogens with zero attached hydrogens (tertiary/aromatic N) is 2. The third-order valence-corrected chi connectivity index (χ3v) is 3.65. The standard InChI is InChI=1S/C16H18N2O2/c19-16(20)11-18(9-12-3-4-12)10-13-5-6-15-14(8-13)2-1-7-17-15/h1-2,5-8,12H,3-4,9-11H2,(H,19,20). The first-order chi connectivity index (χ1) is 9.70.